The van der Waals surface area contributed by atoms with Crippen LogP contribution >= 0.6 is 15.9 Å². The minimum absolute atomic E-state index is 0.0689. The Hall–Kier alpha value is -3.78. The maximum absolute atomic E-state index is 12.9. The van der Waals surface area contributed by atoms with Gasteiger partial charge < -0.3 is 10.0 Å². The fourth-order valence-electron chi connectivity index (χ4n) is 3.32. The molecule has 0 atom stereocenters. The standard InChI is InChI=1S/C24H19BrN4O3/c25-18-8-11-21-20(12-18)24(17-4-2-1-3-5-17)26-14-23(32)29(21)15-22(31)28-27-13-16-6-9-19(30)10-7-16/h1-13,30H,14-15H2,(H,28,31). The number of benzene rings is 3. The highest BCUT2D eigenvalue weighted by Crippen LogP contribution is 2.29. The first-order valence-electron chi connectivity index (χ1n) is 9.82. The van der Waals surface area contributed by atoms with Crippen molar-refractivity contribution in [3.05, 3.63) is 94.0 Å². The topological polar surface area (TPSA) is 94.4 Å². The molecule has 160 valence electrons. The number of rotatable bonds is 5. The molecular weight excluding hydrogens is 472 g/mol. The van der Waals surface area contributed by atoms with Gasteiger partial charge in [-0.2, -0.15) is 5.10 Å². The molecule has 0 bridgehead atoms. The number of anilines is 1. The average molecular weight is 491 g/mol. The molecule has 1 aliphatic heterocycles. The van der Waals surface area contributed by atoms with Crippen LogP contribution < -0.4 is 10.3 Å². The van der Waals surface area contributed by atoms with Crippen LogP contribution in [0.2, 0.25) is 0 Å². The zero-order chi connectivity index (χ0) is 22.5. The molecule has 0 saturated carbocycles. The number of hydrazone groups is 1. The summed E-state index contributed by atoms with van der Waals surface area (Å²) in [6.45, 7) is -0.265. The van der Waals surface area contributed by atoms with Crippen molar-refractivity contribution in [2.75, 3.05) is 18.0 Å². The van der Waals surface area contributed by atoms with Crippen molar-refractivity contribution >= 4 is 45.4 Å². The Morgan fingerprint density at radius 2 is 1.88 bits per heavy atom. The second-order valence-corrected chi connectivity index (χ2v) is 7.97. The van der Waals surface area contributed by atoms with Crippen LogP contribution in [-0.4, -0.2) is 41.9 Å². The van der Waals surface area contributed by atoms with Crippen LogP contribution in [0.3, 0.4) is 0 Å². The summed E-state index contributed by atoms with van der Waals surface area (Å²) in [5.74, 6) is -0.573. The fraction of sp³-hybridized carbons (Fsp3) is 0.0833. The van der Waals surface area contributed by atoms with Gasteiger partial charge in [0.05, 0.1) is 17.6 Å². The van der Waals surface area contributed by atoms with Crippen molar-refractivity contribution in [2.45, 2.75) is 0 Å². The van der Waals surface area contributed by atoms with E-state index in [-0.39, 0.29) is 24.7 Å². The van der Waals surface area contributed by atoms with E-state index in [1.807, 2.05) is 42.5 Å². The van der Waals surface area contributed by atoms with Gasteiger partial charge in [-0.3, -0.25) is 14.6 Å². The molecule has 4 rings (SSSR count). The van der Waals surface area contributed by atoms with Gasteiger partial charge in [-0.15, -0.1) is 0 Å². The Kier molecular flexibility index (Phi) is 6.42. The Morgan fingerprint density at radius 3 is 2.62 bits per heavy atom. The summed E-state index contributed by atoms with van der Waals surface area (Å²) in [5.41, 5.74) is 6.12. The maximum Gasteiger partial charge on any atom is 0.260 e. The zero-order valence-electron chi connectivity index (χ0n) is 16.9. The number of phenols is 1. The number of aromatic hydroxyl groups is 1. The van der Waals surface area contributed by atoms with E-state index in [2.05, 4.69) is 31.4 Å². The van der Waals surface area contributed by atoms with Crippen LogP contribution in [0.25, 0.3) is 0 Å². The summed E-state index contributed by atoms with van der Waals surface area (Å²) in [7, 11) is 0. The number of carbonyl (C=O) groups is 2. The van der Waals surface area contributed by atoms with Crippen molar-refractivity contribution in [1.82, 2.24) is 5.43 Å². The number of fused-ring (bicyclic) bond motifs is 1. The lowest BCUT2D eigenvalue weighted by atomic mass is 10.0. The highest BCUT2D eigenvalue weighted by molar-refractivity contribution is 9.10. The maximum atomic E-state index is 12.9. The smallest absolute Gasteiger partial charge is 0.260 e. The minimum Gasteiger partial charge on any atom is -0.508 e. The van der Waals surface area contributed by atoms with Gasteiger partial charge in [-0.1, -0.05) is 46.3 Å². The summed E-state index contributed by atoms with van der Waals surface area (Å²) in [4.78, 5) is 31.4. The molecule has 2 amide bonds. The molecule has 0 radical (unpaired) electrons. The first kappa shape index (κ1) is 21.5. The van der Waals surface area contributed by atoms with Gasteiger partial charge in [-0.25, -0.2) is 5.43 Å². The van der Waals surface area contributed by atoms with Crippen molar-refractivity contribution in [3.63, 3.8) is 0 Å². The molecule has 1 aliphatic rings. The summed E-state index contributed by atoms with van der Waals surface area (Å²) < 4.78 is 0.845. The van der Waals surface area contributed by atoms with Crippen LogP contribution in [0.1, 0.15) is 16.7 Å². The molecule has 3 aromatic rings. The summed E-state index contributed by atoms with van der Waals surface area (Å²) in [6.07, 6.45) is 1.46. The zero-order valence-corrected chi connectivity index (χ0v) is 18.5. The number of nitrogens with zero attached hydrogens (tertiary/aromatic N) is 3. The van der Waals surface area contributed by atoms with Crippen LogP contribution in [0.5, 0.6) is 5.75 Å². The van der Waals surface area contributed by atoms with E-state index in [1.165, 1.54) is 23.2 Å². The van der Waals surface area contributed by atoms with E-state index in [1.54, 1.807) is 18.2 Å². The molecule has 0 unspecified atom stereocenters. The van der Waals surface area contributed by atoms with Crippen LogP contribution in [-0.2, 0) is 9.59 Å². The predicted molar refractivity (Wildman–Crippen MR) is 127 cm³/mol. The Balaban J connectivity index is 1.56. The molecule has 7 nitrogen and oxygen atoms in total. The monoisotopic (exact) mass is 490 g/mol. The highest BCUT2D eigenvalue weighted by atomic mass is 79.9. The van der Waals surface area contributed by atoms with E-state index in [0.29, 0.717) is 17.0 Å². The number of amides is 2. The van der Waals surface area contributed by atoms with E-state index in [4.69, 9.17) is 0 Å². The second-order valence-electron chi connectivity index (χ2n) is 7.06. The molecule has 0 spiro atoms. The molecule has 0 fully saturated rings. The molecule has 1 heterocycles. The van der Waals surface area contributed by atoms with Gasteiger partial charge in [-0.05, 0) is 48.0 Å². The van der Waals surface area contributed by atoms with E-state index < -0.39 is 5.91 Å². The fourth-order valence-corrected chi connectivity index (χ4v) is 3.68. The lowest BCUT2D eigenvalue weighted by molar-refractivity contribution is -0.123. The second kappa shape index (κ2) is 9.57. The van der Waals surface area contributed by atoms with Crippen molar-refractivity contribution in [2.24, 2.45) is 10.1 Å². The number of hydrogen-bond donors (Lipinski definition) is 2. The molecule has 0 aliphatic carbocycles. The first-order chi connectivity index (χ1) is 15.5. The van der Waals surface area contributed by atoms with Gasteiger partial charge in [0, 0.05) is 15.6 Å². The summed E-state index contributed by atoms with van der Waals surface area (Å²) in [6, 6.07) is 21.5. The Labute approximate surface area is 193 Å². The average Bonchev–Trinajstić information content (AvgIpc) is 2.92. The molecule has 3 aromatic carbocycles. The summed E-state index contributed by atoms with van der Waals surface area (Å²) >= 11 is 3.49. The first-order valence-corrected chi connectivity index (χ1v) is 10.6. The molecule has 32 heavy (non-hydrogen) atoms. The third-order valence-electron chi connectivity index (χ3n) is 4.82. The van der Waals surface area contributed by atoms with Gasteiger partial charge in [0.15, 0.2) is 0 Å². The van der Waals surface area contributed by atoms with Crippen LogP contribution in [0.15, 0.2) is 87.4 Å². The summed E-state index contributed by atoms with van der Waals surface area (Å²) in [5, 5.41) is 13.3. The van der Waals surface area contributed by atoms with E-state index in [9.17, 15) is 14.7 Å². The largest absolute Gasteiger partial charge is 0.508 e. The number of hydrogen-bond acceptors (Lipinski definition) is 5. The van der Waals surface area contributed by atoms with Crippen molar-refractivity contribution in [1.29, 1.82) is 0 Å². The molecule has 8 heteroatoms. The Morgan fingerprint density at radius 1 is 1.12 bits per heavy atom. The highest BCUT2D eigenvalue weighted by Gasteiger charge is 2.27. The molecular formula is C24H19BrN4O3. The van der Waals surface area contributed by atoms with Crippen molar-refractivity contribution in [3.8, 4) is 5.75 Å². The van der Waals surface area contributed by atoms with E-state index in [0.717, 1.165) is 15.6 Å². The normalized spacial score (nSPS) is 13.5. The van der Waals surface area contributed by atoms with Crippen molar-refractivity contribution < 1.29 is 14.7 Å². The van der Waals surface area contributed by atoms with Crippen LogP contribution in [0, 0.1) is 0 Å². The minimum atomic E-state index is -0.439. The number of aliphatic imine (C=N–C) groups is 1. The lowest BCUT2D eigenvalue weighted by Crippen LogP contribution is -2.40. The quantitative estimate of drug-likeness (QED) is 0.423. The Bertz CT molecular complexity index is 1210. The molecule has 0 aromatic heterocycles. The van der Waals surface area contributed by atoms with Crippen LogP contribution in [0.4, 0.5) is 5.69 Å². The lowest BCUT2D eigenvalue weighted by Gasteiger charge is -2.22. The number of halogens is 1. The third-order valence-corrected chi connectivity index (χ3v) is 5.32. The number of nitrogens with one attached hydrogen (secondary N) is 1. The van der Waals surface area contributed by atoms with Gasteiger partial charge in [0.25, 0.3) is 5.91 Å². The number of benzodiazepines with no additional fused rings is 1. The molecule has 0 saturated heterocycles. The van der Waals surface area contributed by atoms with Gasteiger partial charge in [0.1, 0.15) is 18.8 Å². The molecule has 2 N–H and O–H groups in total. The van der Waals surface area contributed by atoms with E-state index >= 15 is 0 Å². The SMILES string of the molecule is O=C(CN1C(=O)CN=C(c2ccccc2)c2cc(Br)ccc21)NN=Cc1ccc(O)cc1. The number of phenolic OH excluding ortho intramolecular Hbond substituents is 1. The predicted octanol–water partition coefficient (Wildman–Crippen LogP) is 3.49. The number of carbonyl (C=O) groups excluding carboxylic acids is 2. The third kappa shape index (κ3) is 4.92. The van der Waals surface area contributed by atoms with Gasteiger partial charge in [0.2, 0.25) is 5.91 Å². The van der Waals surface area contributed by atoms with Gasteiger partial charge >= 0.3 is 0 Å².